The molecule has 4 unspecified atom stereocenters. The Bertz CT molecular complexity index is 5360. The van der Waals surface area contributed by atoms with Gasteiger partial charge in [-0.05, 0) is 236 Å². The maximum atomic E-state index is 6.79. The molecule has 4 nitrogen and oxygen atoms in total. The van der Waals surface area contributed by atoms with Gasteiger partial charge < -0.3 is 17.7 Å². The van der Waals surface area contributed by atoms with Crippen LogP contribution in [0.2, 0.25) is 85.6 Å². The topological polar surface area (TPSA) is 36.9 Å². The molecule has 13 heteroatoms. The van der Waals surface area contributed by atoms with Crippen LogP contribution in [-0.4, -0.2) is 50.9 Å². The number of allylic oxidation sites excluding steroid dienone is 12. The van der Waals surface area contributed by atoms with Crippen LogP contribution in [0.4, 0.5) is 0 Å². The summed E-state index contributed by atoms with van der Waals surface area (Å²) in [6, 6.07) is 79.4. The zero-order valence-corrected chi connectivity index (χ0v) is 88.9. The number of hydrogen-bond acceptors (Lipinski definition) is 4. The molecular formula is C114H134Cl2O4Si6Zr-4. The van der Waals surface area contributed by atoms with Crippen molar-refractivity contribution in [1.82, 2.24) is 0 Å². The first-order chi connectivity index (χ1) is 61.7. The Morgan fingerprint density at radius 2 is 0.441 bits per heavy atom. The first-order valence-electron chi connectivity index (χ1n) is 48.0. The molecule has 0 heterocycles. The van der Waals surface area contributed by atoms with E-state index < -0.39 is 71.7 Å². The SMILES string of the molecule is CCc1cc2c([c-]1[Si](C)[c-]1c(CC)cc3c1C=CC=CC3c1ccc3cc(O[Si](CC)(CC)CC)ccc3c1)C=CC=CC2c1ccc2cc(O[Si](CC)(CC)CC)ccc2c1.CCc1cc2c([c-]1[Si](C)[c-]1c(CC)cc3c1C=CC=CC3c1ccc3cc(O[Si](CC)(CC)CC)ccc3c1)C=CC=CC2c1ccc2cc(O[Si](CC)(CC)CC)ccc2c1.[Cl][Zr][Cl]. The molecule has 0 aliphatic heterocycles. The van der Waals surface area contributed by atoms with Crippen molar-refractivity contribution in [2.24, 2.45) is 0 Å². The number of benzene rings is 8. The normalized spacial score (nSPS) is 16.0. The van der Waals surface area contributed by atoms with Crippen LogP contribution in [0.15, 0.2) is 243 Å². The van der Waals surface area contributed by atoms with Gasteiger partial charge in [-0.15, -0.1) is 91.6 Å². The second-order valence-electron chi connectivity index (χ2n) is 35.7. The van der Waals surface area contributed by atoms with Gasteiger partial charge in [0.25, 0.3) is 0 Å². The van der Waals surface area contributed by atoms with Crippen LogP contribution in [0.5, 0.6) is 23.0 Å². The molecule has 0 saturated carbocycles. The average Bonchev–Trinajstić information content (AvgIpc) is 1.59. The van der Waals surface area contributed by atoms with Gasteiger partial charge in [0, 0.05) is 17.6 Å². The molecule has 0 bridgehead atoms. The summed E-state index contributed by atoms with van der Waals surface area (Å²) in [6.45, 7) is 42.1. The third-order valence-electron chi connectivity index (χ3n) is 29.8. The Morgan fingerprint density at radius 1 is 0.260 bits per heavy atom. The molecule has 127 heavy (non-hydrogen) atoms. The molecule has 0 aromatic heterocycles. The van der Waals surface area contributed by atoms with E-state index in [0.29, 0.717) is 0 Å². The summed E-state index contributed by atoms with van der Waals surface area (Å²) in [7, 11) is 0.565. The first-order valence-corrected chi connectivity index (χ1v) is 68.4. The van der Waals surface area contributed by atoms with Crippen LogP contribution in [0.25, 0.3) is 67.4 Å². The van der Waals surface area contributed by atoms with Gasteiger partial charge in [-0.2, -0.15) is 68.8 Å². The summed E-state index contributed by atoms with van der Waals surface area (Å²) in [5.41, 5.74) is 23.0. The van der Waals surface area contributed by atoms with Gasteiger partial charge >= 0.3 is 37.9 Å². The van der Waals surface area contributed by atoms with Crippen molar-refractivity contribution in [3.05, 3.63) is 332 Å². The number of halogens is 2. The molecule has 4 aliphatic carbocycles. The summed E-state index contributed by atoms with van der Waals surface area (Å²) in [5.74, 6) is 4.88. The van der Waals surface area contributed by atoms with Gasteiger partial charge in [-0.1, -0.05) is 270 Å². The molecular weight excluding hydrogens is 1760 g/mol. The van der Waals surface area contributed by atoms with Crippen LogP contribution >= 0.6 is 17.0 Å². The number of rotatable bonds is 32. The third kappa shape index (κ3) is 19.7. The van der Waals surface area contributed by atoms with Crippen LogP contribution in [0.3, 0.4) is 0 Å². The monoisotopic (exact) mass is 1890 g/mol. The quantitative estimate of drug-likeness (QED) is 0.0311. The molecule has 0 saturated heterocycles. The molecule has 4 aliphatic rings. The molecule has 0 amide bonds. The van der Waals surface area contributed by atoms with Crippen molar-refractivity contribution in [3.8, 4) is 23.0 Å². The minimum atomic E-state index is -1.74. The molecule has 0 fully saturated rings. The van der Waals surface area contributed by atoms with E-state index in [2.05, 4.69) is 391 Å². The van der Waals surface area contributed by atoms with Crippen molar-refractivity contribution in [3.63, 3.8) is 0 Å². The fraction of sp³-hybridized carbons (Fsp3) is 0.333. The van der Waals surface area contributed by atoms with Crippen molar-refractivity contribution in [1.29, 1.82) is 0 Å². The van der Waals surface area contributed by atoms with E-state index in [9.17, 15) is 0 Å². The van der Waals surface area contributed by atoms with Gasteiger partial charge in [-0.25, -0.2) is 0 Å². The average molecular weight is 1900 g/mol. The van der Waals surface area contributed by atoms with Crippen LogP contribution in [-0.2, 0) is 46.5 Å². The molecule has 4 atom stereocenters. The minimum absolute atomic E-state index is 0.190. The Kier molecular flexibility index (Phi) is 31.9. The maximum absolute atomic E-state index is 6.79. The molecule has 0 N–H and O–H groups in total. The van der Waals surface area contributed by atoms with Gasteiger partial charge in [0.05, 0.1) is 0 Å². The summed E-state index contributed by atoms with van der Waals surface area (Å²) in [4.78, 5) is 0. The molecule has 660 valence electrons. The standard InChI is InChI=1S/2C57H67O2Si3.2ClH.Zr/c2*1-10-40-38-54-50(46-28-26-44-36-48(32-30-42(44)34-46)58-61(12-3,13-4)14-5)22-18-20-24-52(54)56(40)60(9)57-41(11-2)39-55-51(23-19-21-25-53(55)57)47-29-27-45-37-49(33-31-43(45)35-47)59-62(15-6,16-7)17-8;;;/h2*18-39,50-51H,10-17H2,1-9H3;2*1H;/q2*-2;;;+2/p-2. The predicted octanol–water partition coefficient (Wildman–Crippen LogP) is 31.4. The van der Waals surface area contributed by atoms with E-state index in [-0.39, 0.29) is 23.7 Å². The van der Waals surface area contributed by atoms with E-state index in [1.54, 1.807) is 20.7 Å². The van der Waals surface area contributed by atoms with Gasteiger partial charge in [0.15, 0.2) is 0 Å². The number of fused-ring (bicyclic) bond motifs is 8. The third-order valence-corrected chi connectivity index (χ3v) is 53.3. The zero-order chi connectivity index (χ0) is 89.9. The van der Waals surface area contributed by atoms with Gasteiger partial charge in [0.1, 0.15) is 23.0 Å². The molecule has 2 radical (unpaired) electrons. The van der Waals surface area contributed by atoms with Crippen molar-refractivity contribution >= 4 is 156 Å². The summed E-state index contributed by atoms with van der Waals surface area (Å²) in [5, 5.41) is 16.5. The second-order valence-corrected chi connectivity index (χ2v) is 62.7. The molecule has 16 rings (SSSR count). The van der Waals surface area contributed by atoms with Crippen LogP contribution in [0, 0.1) is 0 Å². The van der Waals surface area contributed by atoms with E-state index in [4.69, 9.17) is 34.7 Å². The Hall–Kier alpha value is -7.92. The number of hydrogen-bond donors (Lipinski definition) is 0. The van der Waals surface area contributed by atoms with Crippen molar-refractivity contribution in [2.75, 3.05) is 0 Å². The Morgan fingerprint density at radius 3 is 0.622 bits per heavy atom. The summed E-state index contributed by atoms with van der Waals surface area (Å²) in [6.07, 6.45) is 41.6. The molecule has 12 aromatic carbocycles. The first kappa shape index (κ1) is 95.2. The van der Waals surface area contributed by atoms with Crippen LogP contribution in [0.1, 0.15) is 223 Å². The van der Waals surface area contributed by atoms with Gasteiger partial charge in [-0.3, -0.25) is 0 Å². The van der Waals surface area contributed by atoms with Crippen molar-refractivity contribution in [2.45, 2.75) is 246 Å². The van der Waals surface area contributed by atoms with E-state index in [1.165, 1.54) is 132 Å². The molecule has 12 aromatic rings. The summed E-state index contributed by atoms with van der Waals surface area (Å²) >= 11 is -0.826. The van der Waals surface area contributed by atoms with Gasteiger partial charge in [0.2, 0.25) is 33.3 Å². The van der Waals surface area contributed by atoms with Crippen molar-refractivity contribution < 1.29 is 38.6 Å². The predicted molar refractivity (Wildman–Crippen MR) is 566 cm³/mol. The van der Waals surface area contributed by atoms with Crippen LogP contribution < -0.4 is 38.5 Å². The fourth-order valence-electron chi connectivity index (χ4n) is 21.3. The Labute approximate surface area is 788 Å². The fourth-order valence-corrected chi connectivity index (χ4v) is 37.4. The zero-order valence-electron chi connectivity index (χ0n) is 78.9. The van der Waals surface area contributed by atoms with E-state index >= 15 is 0 Å². The van der Waals surface area contributed by atoms with E-state index in [0.717, 1.165) is 121 Å². The number of aryl methyl sites for hydroxylation is 4. The summed E-state index contributed by atoms with van der Waals surface area (Å²) < 4.78 is 27.1. The Balaban J connectivity index is 0.000000200. The molecule has 0 spiro atoms. The second kappa shape index (κ2) is 42.5. The van der Waals surface area contributed by atoms with E-state index in [1.807, 2.05) is 0 Å².